The fourth-order valence-corrected chi connectivity index (χ4v) is 3.78. The minimum atomic E-state index is -3.67. The molecule has 12 heteroatoms. The van der Waals surface area contributed by atoms with Crippen LogP contribution in [0.25, 0.3) is 5.78 Å². The molecule has 0 unspecified atom stereocenters. The van der Waals surface area contributed by atoms with E-state index in [4.69, 9.17) is 9.15 Å². The summed E-state index contributed by atoms with van der Waals surface area (Å²) in [5, 5.41) is 4.75. The smallest absolute Gasteiger partial charge is 0.310 e. The lowest BCUT2D eigenvalue weighted by molar-refractivity contribution is -0.144. The number of carbonyl (C=O) groups excluding carboxylic acids is 1. The molecule has 29 heavy (non-hydrogen) atoms. The molecule has 0 bridgehead atoms. The van der Waals surface area contributed by atoms with Crippen LogP contribution >= 0.6 is 11.8 Å². The Morgan fingerprint density at radius 1 is 1.28 bits per heavy atom. The van der Waals surface area contributed by atoms with Crippen molar-refractivity contribution < 1.29 is 22.4 Å². The zero-order valence-corrected chi connectivity index (χ0v) is 18.3. The van der Waals surface area contributed by atoms with E-state index >= 15 is 0 Å². The van der Waals surface area contributed by atoms with Crippen molar-refractivity contribution in [2.75, 3.05) is 20.4 Å². The number of ether oxygens (including phenoxy) is 1. The Balaban J connectivity index is 1.71. The average molecular weight is 440 g/mol. The van der Waals surface area contributed by atoms with Crippen LogP contribution in [0.5, 0.6) is 0 Å². The molecular weight excluding hydrogens is 418 g/mol. The third-order valence-corrected chi connectivity index (χ3v) is 6.51. The predicted molar refractivity (Wildman–Crippen MR) is 105 cm³/mol. The van der Waals surface area contributed by atoms with Crippen molar-refractivity contribution in [2.24, 2.45) is 0 Å². The Bertz CT molecular complexity index is 1170. The maximum Gasteiger partial charge on any atom is 0.310 e. The SMILES string of the molecule is CSc1nc2nc(C)c(CC(=O)OCc3ccc(S(=O)(=O)N(C)C)o3)c(C)n2n1. The summed E-state index contributed by atoms with van der Waals surface area (Å²) in [6.07, 6.45) is 1.87. The predicted octanol–water partition coefficient (Wildman–Crippen LogP) is 1.59. The van der Waals surface area contributed by atoms with E-state index in [1.54, 1.807) is 11.4 Å². The molecule has 156 valence electrons. The molecule has 0 N–H and O–H groups in total. The van der Waals surface area contributed by atoms with Crippen LogP contribution in [-0.4, -0.2) is 58.6 Å². The van der Waals surface area contributed by atoms with E-state index in [2.05, 4.69) is 15.1 Å². The number of thioether (sulfide) groups is 1. The summed E-state index contributed by atoms with van der Waals surface area (Å²) in [6, 6.07) is 2.80. The molecular formula is C17H21N5O5S2. The van der Waals surface area contributed by atoms with E-state index < -0.39 is 16.0 Å². The van der Waals surface area contributed by atoms with Gasteiger partial charge in [-0.15, -0.1) is 5.10 Å². The van der Waals surface area contributed by atoms with Crippen LogP contribution in [0.3, 0.4) is 0 Å². The van der Waals surface area contributed by atoms with Crippen molar-refractivity contribution in [1.82, 2.24) is 23.9 Å². The molecule has 0 saturated carbocycles. The number of aryl methyl sites for hydroxylation is 2. The fourth-order valence-electron chi connectivity index (χ4n) is 2.63. The minimum Gasteiger partial charge on any atom is -0.457 e. The van der Waals surface area contributed by atoms with Crippen molar-refractivity contribution in [1.29, 1.82) is 0 Å². The minimum absolute atomic E-state index is 0.00136. The van der Waals surface area contributed by atoms with Crippen LogP contribution in [0.4, 0.5) is 0 Å². The summed E-state index contributed by atoms with van der Waals surface area (Å²) in [7, 11) is -0.861. The first-order valence-electron chi connectivity index (χ1n) is 8.57. The maximum atomic E-state index is 12.3. The van der Waals surface area contributed by atoms with E-state index in [0.717, 1.165) is 10.00 Å². The van der Waals surface area contributed by atoms with Crippen LogP contribution in [-0.2, 0) is 32.6 Å². The Morgan fingerprint density at radius 2 is 2.00 bits per heavy atom. The first kappa shape index (κ1) is 21.3. The number of furan rings is 1. The molecule has 0 radical (unpaired) electrons. The van der Waals surface area contributed by atoms with E-state index in [0.29, 0.717) is 22.2 Å². The van der Waals surface area contributed by atoms with Crippen LogP contribution in [0.2, 0.25) is 0 Å². The number of carbonyl (C=O) groups is 1. The molecule has 0 fully saturated rings. The largest absolute Gasteiger partial charge is 0.457 e. The number of rotatable bonds is 7. The van der Waals surface area contributed by atoms with Gasteiger partial charge >= 0.3 is 5.97 Å². The van der Waals surface area contributed by atoms with E-state index in [1.165, 1.54) is 38.0 Å². The highest BCUT2D eigenvalue weighted by Crippen LogP contribution is 2.19. The second-order valence-corrected chi connectivity index (χ2v) is 9.27. The van der Waals surface area contributed by atoms with Crippen molar-refractivity contribution in [3.05, 3.63) is 34.8 Å². The molecule has 0 aliphatic rings. The molecule has 10 nitrogen and oxygen atoms in total. The van der Waals surface area contributed by atoms with Gasteiger partial charge in [-0.05, 0) is 32.2 Å². The summed E-state index contributed by atoms with van der Waals surface area (Å²) >= 11 is 1.41. The molecule has 0 aliphatic heterocycles. The summed E-state index contributed by atoms with van der Waals surface area (Å²) in [5.41, 5.74) is 2.13. The lowest BCUT2D eigenvalue weighted by Crippen LogP contribution is -2.21. The molecule has 0 aliphatic carbocycles. The normalized spacial score (nSPS) is 12.1. The Hall–Kier alpha value is -2.44. The third-order valence-electron chi connectivity index (χ3n) is 4.28. The van der Waals surface area contributed by atoms with Crippen LogP contribution in [0.1, 0.15) is 22.7 Å². The monoisotopic (exact) mass is 439 g/mol. The van der Waals surface area contributed by atoms with Gasteiger partial charge in [0.25, 0.3) is 15.8 Å². The average Bonchev–Trinajstić information content (AvgIpc) is 3.30. The lowest BCUT2D eigenvalue weighted by atomic mass is 10.1. The van der Waals surface area contributed by atoms with Crippen molar-refractivity contribution >= 4 is 33.5 Å². The maximum absolute atomic E-state index is 12.3. The second-order valence-electron chi connectivity index (χ2n) is 6.42. The highest BCUT2D eigenvalue weighted by Gasteiger charge is 2.22. The quantitative estimate of drug-likeness (QED) is 0.399. The zero-order chi connectivity index (χ0) is 21.3. The van der Waals surface area contributed by atoms with Gasteiger partial charge in [-0.3, -0.25) is 4.79 Å². The van der Waals surface area contributed by atoms with Gasteiger partial charge in [0.05, 0.1) is 6.42 Å². The Morgan fingerprint density at radius 3 is 2.66 bits per heavy atom. The molecule has 3 rings (SSSR count). The van der Waals surface area contributed by atoms with Gasteiger partial charge in [-0.25, -0.2) is 22.2 Å². The van der Waals surface area contributed by atoms with Crippen LogP contribution in [0.15, 0.2) is 26.8 Å². The fraction of sp³-hybridized carbons (Fsp3) is 0.412. The van der Waals surface area contributed by atoms with Gasteiger partial charge in [0, 0.05) is 31.0 Å². The Kier molecular flexibility index (Phi) is 5.96. The summed E-state index contributed by atoms with van der Waals surface area (Å²) in [4.78, 5) is 21.0. The molecule has 0 aromatic carbocycles. The third kappa shape index (κ3) is 4.28. The zero-order valence-electron chi connectivity index (χ0n) is 16.7. The number of aromatic nitrogens is 4. The van der Waals surface area contributed by atoms with Crippen molar-refractivity contribution in [2.45, 2.75) is 37.1 Å². The van der Waals surface area contributed by atoms with Gasteiger partial charge < -0.3 is 9.15 Å². The molecule has 3 aromatic heterocycles. The molecule has 0 amide bonds. The Labute approximate surface area is 172 Å². The van der Waals surface area contributed by atoms with Crippen LogP contribution in [0, 0.1) is 13.8 Å². The van der Waals surface area contributed by atoms with Gasteiger partial charge in [0.1, 0.15) is 12.4 Å². The first-order chi connectivity index (χ1) is 13.6. The molecule has 3 aromatic rings. The van der Waals surface area contributed by atoms with E-state index in [1.807, 2.05) is 13.2 Å². The number of sulfonamides is 1. The number of fused-ring (bicyclic) bond motifs is 1. The lowest BCUT2D eigenvalue weighted by Gasteiger charge is -2.10. The van der Waals surface area contributed by atoms with Crippen molar-refractivity contribution in [3.8, 4) is 0 Å². The summed E-state index contributed by atoms with van der Waals surface area (Å²) in [5.74, 6) is 0.226. The van der Waals surface area contributed by atoms with E-state index in [-0.39, 0.29) is 23.9 Å². The molecule has 0 atom stereocenters. The summed E-state index contributed by atoms with van der Waals surface area (Å²) in [6.45, 7) is 3.47. The standard InChI is InChI=1S/C17H21N5O5S2/c1-10-13(11(2)22-16(18-10)19-17(20-22)28-5)8-14(23)26-9-12-6-7-15(27-12)29(24,25)21(3)4/h6-7H,8-9H2,1-5H3. The number of hydrogen-bond acceptors (Lipinski definition) is 9. The highest BCUT2D eigenvalue weighted by molar-refractivity contribution is 7.98. The van der Waals surface area contributed by atoms with Gasteiger partial charge in [0.15, 0.2) is 0 Å². The van der Waals surface area contributed by atoms with E-state index in [9.17, 15) is 13.2 Å². The topological polar surface area (TPSA) is 120 Å². The first-order valence-corrected chi connectivity index (χ1v) is 11.2. The van der Waals surface area contributed by atoms with Gasteiger partial charge in [-0.2, -0.15) is 4.98 Å². The second kappa shape index (κ2) is 8.13. The molecule has 3 heterocycles. The summed E-state index contributed by atoms with van der Waals surface area (Å²) < 4.78 is 37.2. The van der Waals surface area contributed by atoms with Crippen molar-refractivity contribution in [3.63, 3.8) is 0 Å². The highest BCUT2D eigenvalue weighted by atomic mass is 32.2. The number of nitrogens with zero attached hydrogens (tertiary/aromatic N) is 5. The molecule has 0 spiro atoms. The van der Waals surface area contributed by atoms with Gasteiger partial charge in [-0.1, -0.05) is 11.8 Å². The van der Waals surface area contributed by atoms with Crippen LogP contribution < -0.4 is 0 Å². The molecule has 0 saturated heterocycles. The number of hydrogen-bond donors (Lipinski definition) is 0. The number of esters is 1. The van der Waals surface area contributed by atoms with Gasteiger partial charge in [0.2, 0.25) is 10.2 Å².